The fourth-order valence-corrected chi connectivity index (χ4v) is 2.55. The molecule has 0 radical (unpaired) electrons. The van der Waals surface area contributed by atoms with Crippen molar-refractivity contribution in [3.63, 3.8) is 0 Å². The Morgan fingerprint density at radius 2 is 1.76 bits per heavy atom. The van der Waals surface area contributed by atoms with Crippen LogP contribution in [0.25, 0.3) is 5.69 Å². The van der Waals surface area contributed by atoms with E-state index >= 15 is 0 Å². The second-order valence-electron chi connectivity index (χ2n) is 5.65. The van der Waals surface area contributed by atoms with Gasteiger partial charge in [-0.3, -0.25) is 4.79 Å². The second-order valence-corrected chi connectivity index (χ2v) is 5.65. The molecule has 0 fully saturated rings. The molecule has 1 amide bonds. The van der Waals surface area contributed by atoms with Crippen LogP contribution in [-0.4, -0.2) is 28.0 Å². The normalized spacial score (nSPS) is 10.5. The molecule has 1 heterocycles. The van der Waals surface area contributed by atoms with Crippen molar-refractivity contribution in [3.8, 4) is 11.4 Å². The van der Waals surface area contributed by atoms with Crippen molar-refractivity contribution in [2.45, 2.75) is 13.8 Å². The van der Waals surface area contributed by atoms with E-state index in [1.807, 2.05) is 32.0 Å². The van der Waals surface area contributed by atoms with Crippen molar-refractivity contribution < 1.29 is 9.53 Å². The Morgan fingerprint density at radius 3 is 2.36 bits per heavy atom. The molecule has 0 saturated carbocycles. The van der Waals surface area contributed by atoms with Gasteiger partial charge in [-0.15, -0.1) is 5.10 Å². The highest BCUT2D eigenvalue weighted by Crippen LogP contribution is 2.22. The molecular weight excluding hydrogens is 318 g/mol. The number of anilines is 2. The zero-order chi connectivity index (χ0) is 18.0. The van der Waals surface area contributed by atoms with Crippen LogP contribution in [0.1, 0.15) is 21.6 Å². The van der Waals surface area contributed by atoms with Crippen LogP contribution < -0.4 is 15.8 Å². The molecular formula is C18H19N5O2. The van der Waals surface area contributed by atoms with E-state index in [0.29, 0.717) is 5.69 Å². The van der Waals surface area contributed by atoms with Gasteiger partial charge >= 0.3 is 0 Å². The van der Waals surface area contributed by atoms with Gasteiger partial charge in [-0.1, -0.05) is 23.4 Å². The number of nitrogens with one attached hydrogen (secondary N) is 1. The molecule has 0 saturated heterocycles. The first kappa shape index (κ1) is 16.5. The van der Waals surface area contributed by atoms with Crippen molar-refractivity contribution in [2.75, 3.05) is 18.2 Å². The van der Waals surface area contributed by atoms with Gasteiger partial charge in [0.1, 0.15) is 5.75 Å². The molecule has 0 unspecified atom stereocenters. The molecule has 1 aromatic heterocycles. The average Bonchev–Trinajstić information content (AvgIpc) is 3.00. The number of nitrogens with two attached hydrogens (primary N) is 1. The Bertz CT molecular complexity index is 895. The van der Waals surface area contributed by atoms with Crippen LogP contribution in [0.2, 0.25) is 0 Å². The predicted octanol–water partition coefficient (Wildman–Crippen LogP) is 2.73. The number of rotatable bonds is 4. The quantitative estimate of drug-likeness (QED) is 0.763. The lowest BCUT2D eigenvalue weighted by molar-refractivity contribution is 0.102. The molecule has 0 aliphatic carbocycles. The second kappa shape index (κ2) is 6.64. The zero-order valence-electron chi connectivity index (χ0n) is 14.3. The van der Waals surface area contributed by atoms with E-state index in [1.165, 1.54) is 4.68 Å². The molecule has 3 aromatic rings. The number of amides is 1. The van der Waals surface area contributed by atoms with E-state index < -0.39 is 5.91 Å². The standard InChI is InChI=1S/C18H19N5O2/c1-11-5-4-6-12(2)15(11)20-18(24)16-17(19)23(22-21-16)13-7-9-14(25-3)10-8-13/h4-10H,19H2,1-3H3,(H,20,24). The smallest absolute Gasteiger partial charge is 0.280 e. The van der Waals surface area contributed by atoms with E-state index in [9.17, 15) is 4.79 Å². The molecule has 128 valence electrons. The van der Waals surface area contributed by atoms with Gasteiger partial charge in [-0.25, -0.2) is 0 Å². The first-order valence-corrected chi connectivity index (χ1v) is 7.74. The summed E-state index contributed by atoms with van der Waals surface area (Å²) in [7, 11) is 1.59. The number of aromatic nitrogens is 3. The van der Waals surface area contributed by atoms with Crippen molar-refractivity contribution in [3.05, 3.63) is 59.3 Å². The van der Waals surface area contributed by atoms with Crippen LogP contribution in [0.3, 0.4) is 0 Å². The van der Waals surface area contributed by atoms with Crippen LogP contribution in [-0.2, 0) is 0 Å². The van der Waals surface area contributed by atoms with Gasteiger partial charge in [0.15, 0.2) is 11.5 Å². The highest BCUT2D eigenvalue weighted by atomic mass is 16.5. The molecule has 7 heteroatoms. The fourth-order valence-electron chi connectivity index (χ4n) is 2.55. The van der Waals surface area contributed by atoms with Gasteiger partial charge in [-0.05, 0) is 49.2 Å². The van der Waals surface area contributed by atoms with E-state index in [0.717, 1.165) is 22.6 Å². The minimum absolute atomic E-state index is 0.0819. The Kier molecular flexibility index (Phi) is 4.38. The molecule has 0 spiro atoms. The number of benzene rings is 2. The molecule has 0 aliphatic heterocycles. The number of ether oxygens (including phenoxy) is 1. The van der Waals surface area contributed by atoms with Crippen molar-refractivity contribution >= 4 is 17.4 Å². The number of carbonyl (C=O) groups excluding carboxylic acids is 1. The van der Waals surface area contributed by atoms with E-state index in [1.54, 1.807) is 31.4 Å². The van der Waals surface area contributed by atoms with Gasteiger partial charge in [0, 0.05) is 5.69 Å². The summed E-state index contributed by atoms with van der Waals surface area (Å²) in [5.74, 6) is 0.499. The first-order valence-electron chi connectivity index (χ1n) is 7.74. The number of hydrogen-bond acceptors (Lipinski definition) is 5. The van der Waals surface area contributed by atoms with E-state index in [4.69, 9.17) is 10.5 Å². The summed E-state index contributed by atoms with van der Waals surface area (Å²) in [6, 6.07) is 12.9. The summed E-state index contributed by atoms with van der Waals surface area (Å²) < 4.78 is 6.54. The lowest BCUT2D eigenvalue weighted by Gasteiger charge is -2.10. The lowest BCUT2D eigenvalue weighted by atomic mass is 10.1. The largest absolute Gasteiger partial charge is 0.497 e. The van der Waals surface area contributed by atoms with Crippen LogP contribution in [0.4, 0.5) is 11.5 Å². The monoisotopic (exact) mass is 337 g/mol. The molecule has 3 N–H and O–H groups in total. The number of aryl methyl sites for hydroxylation is 2. The third kappa shape index (κ3) is 3.16. The van der Waals surface area contributed by atoms with Crippen molar-refractivity contribution in [2.24, 2.45) is 0 Å². The number of methoxy groups -OCH3 is 1. The number of carbonyl (C=O) groups is 1. The number of para-hydroxylation sites is 1. The minimum Gasteiger partial charge on any atom is -0.497 e. The summed E-state index contributed by atoms with van der Waals surface area (Å²) in [5, 5.41) is 10.8. The molecule has 0 atom stereocenters. The van der Waals surface area contributed by atoms with Crippen LogP contribution in [0, 0.1) is 13.8 Å². The number of nitrogen functional groups attached to an aromatic ring is 1. The number of nitrogens with zero attached hydrogens (tertiary/aromatic N) is 3. The Balaban J connectivity index is 1.88. The molecule has 25 heavy (non-hydrogen) atoms. The number of hydrogen-bond donors (Lipinski definition) is 2. The van der Waals surface area contributed by atoms with Gasteiger partial charge in [0.25, 0.3) is 5.91 Å². The maximum Gasteiger partial charge on any atom is 0.280 e. The summed E-state index contributed by atoms with van der Waals surface area (Å²) in [6.07, 6.45) is 0. The van der Waals surface area contributed by atoms with Crippen LogP contribution in [0.5, 0.6) is 5.75 Å². The van der Waals surface area contributed by atoms with Crippen LogP contribution >= 0.6 is 0 Å². The average molecular weight is 337 g/mol. The third-order valence-electron chi connectivity index (χ3n) is 3.96. The zero-order valence-corrected chi connectivity index (χ0v) is 14.3. The van der Waals surface area contributed by atoms with Crippen molar-refractivity contribution in [1.29, 1.82) is 0 Å². The lowest BCUT2D eigenvalue weighted by Crippen LogP contribution is -2.16. The van der Waals surface area contributed by atoms with Gasteiger partial charge in [0.2, 0.25) is 0 Å². The molecule has 0 aliphatic rings. The van der Waals surface area contributed by atoms with Gasteiger partial charge < -0.3 is 15.8 Å². The highest BCUT2D eigenvalue weighted by Gasteiger charge is 2.19. The van der Waals surface area contributed by atoms with Gasteiger partial charge in [-0.2, -0.15) is 4.68 Å². The first-order chi connectivity index (χ1) is 12.0. The molecule has 7 nitrogen and oxygen atoms in total. The molecule has 2 aromatic carbocycles. The van der Waals surface area contributed by atoms with Crippen LogP contribution in [0.15, 0.2) is 42.5 Å². The Hall–Kier alpha value is -3.35. The molecule has 3 rings (SSSR count). The SMILES string of the molecule is COc1ccc(-n2nnc(C(=O)Nc3c(C)cccc3C)c2N)cc1. The third-order valence-corrected chi connectivity index (χ3v) is 3.96. The minimum atomic E-state index is -0.394. The summed E-state index contributed by atoms with van der Waals surface area (Å²) in [5.41, 5.74) is 9.55. The summed E-state index contributed by atoms with van der Waals surface area (Å²) >= 11 is 0. The van der Waals surface area contributed by atoms with E-state index in [2.05, 4.69) is 15.6 Å². The topological polar surface area (TPSA) is 95.1 Å². The Morgan fingerprint density at radius 1 is 1.12 bits per heavy atom. The van der Waals surface area contributed by atoms with Gasteiger partial charge in [0.05, 0.1) is 12.8 Å². The maximum absolute atomic E-state index is 12.6. The molecule has 0 bridgehead atoms. The maximum atomic E-state index is 12.6. The highest BCUT2D eigenvalue weighted by molar-refractivity contribution is 6.06. The summed E-state index contributed by atoms with van der Waals surface area (Å²) in [6.45, 7) is 3.86. The Labute approximate surface area is 145 Å². The van der Waals surface area contributed by atoms with E-state index in [-0.39, 0.29) is 11.5 Å². The fraction of sp³-hybridized carbons (Fsp3) is 0.167. The predicted molar refractivity (Wildman–Crippen MR) is 96.2 cm³/mol. The summed E-state index contributed by atoms with van der Waals surface area (Å²) in [4.78, 5) is 12.6. The van der Waals surface area contributed by atoms with Crippen molar-refractivity contribution in [1.82, 2.24) is 15.0 Å².